The molecule has 9 nitrogen and oxygen atoms in total. The van der Waals surface area contributed by atoms with Gasteiger partial charge in [-0.2, -0.15) is 13.8 Å². The number of hydrogen-bond acceptors (Lipinski definition) is 7. The van der Waals surface area contributed by atoms with E-state index in [1.807, 2.05) is 44.4 Å². The molecule has 1 saturated heterocycles. The quantitative estimate of drug-likeness (QED) is 0.286. The lowest BCUT2D eigenvalue weighted by molar-refractivity contribution is -0.882. The van der Waals surface area contributed by atoms with Gasteiger partial charge in [0.05, 0.1) is 33.2 Å². The van der Waals surface area contributed by atoms with Crippen LogP contribution in [0.5, 0.6) is 23.3 Å². The van der Waals surface area contributed by atoms with Gasteiger partial charge >= 0.3 is 0 Å². The van der Waals surface area contributed by atoms with Gasteiger partial charge in [0.1, 0.15) is 23.2 Å². The van der Waals surface area contributed by atoms with Crippen molar-refractivity contribution in [2.75, 3.05) is 51.1 Å². The lowest BCUT2D eigenvalue weighted by Crippen LogP contribution is -3.10. The van der Waals surface area contributed by atoms with Crippen LogP contribution in [0.3, 0.4) is 0 Å². The third-order valence-corrected chi connectivity index (χ3v) is 7.82. The first-order chi connectivity index (χ1) is 21.0. The summed E-state index contributed by atoms with van der Waals surface area (Å²) in [5.74, 6) is -4.58. The first-order valence-electron chi connectivity index (χ1n) is 14.4. The zero-order valence-corrected chi connectivity index (χ0v) is 25.2. The topological polar surface area (TPSA) is 110 Å². The Bertz CT molecular complexity index is 1680. The highest BCUT2D eigenvalue weighted by Gasteiger charge is 2.34. The fourth-order valence-electron chi connectivity index (χ4n) is 5.24. The van der Waals surface area contributed by atoms with Gasteiger partial charge in [-0.1, -0.05) is 30.3 Å². The number of benzene rings is 3. The number of aromatic carboxylic acids is 1. The van der Waals surface area contributed by atoms with Crippen molar-refractivity contribution in [1.82, 2.24) is 4.98 Å². The molecule has 5 rings (SSSR count). The van der Waals surface area contributed by atoms with Crippen LogP contribution in [0.1, 0.15) is 22.3 Å². The van der Waals surface area contributed by atoms with Crippen LogP contribution in [0.25, 0.3) is 11.1 Å². The summed E-state index contributed by atoms with van der Waals surface area (Å²) < 4.78 is 44.1. The monoisotopic (exact) mass is 604 g/mol. The Labute approximate surface area is 255 Å². The molecule has 0 radical (unpaired) electrons. The molecule has 0 spiro atoms. The molecule has 230 valence electrons. The Morgan fingerprint density at radius 2 is 1.70 bits per heavy atom. The smallest absolute Gasteiger partial charge is 0.261 e. The third-order valence-electron chi connectivity index (χ3n) is 7.82. The van der Waals surface area contributed by atoms with E-state index in [9.17, 15) is 9.90 Å². The van der Waals surface area contributed by atoms with Gasteiger partial charge in [-0.05, 0) is 41.5 Å². The highest BCUT2D eigenvalue weighted by molar-refractivity contribution is 5.90. The molecule has 4 N–H and O–H groups in total. The number of quaternary nitrogens is 2. The van der Waals surface area contributed by atoms with Gasteiger partial charge in [-0.25, -0.2) is 0 Å². The molecule has 0 aliphatic carbocycles. The van der Waals surface area contributed by atoms with Crippen molar-refractivity contribution in [3.05, 3.63) is 89.5 Å². The number of carboxylic acids is 1. The largest absolute Gasteiger partial charge is 0.545 e. The van der Waals surface area contributed by atoms with Crippen molar-refractivity contribution in [3.8, 4) is 34.4 Å². The summed E-state index contributed by atoms with van der Waals surface area (Å²) >= 11 is 0. The van der Waals surface area contributed by atoms with Crippen molar-refractivity contribution in [3.63, 3.8) is 0 Å². The van der Waals surface area contributed by atoms with Gasteiger partial charge < -0.3 is 39.8 Å². The second kappa shape index (κ2) is 12.9. The van der Waals surface area contributed by atoms with Crippen LogP contribution in [-0.4, -0.2) is 58.3 Å². The molecule has 0 bridgehead atoms. The highest BCUT2D eigenvalue weighted by Crippen LogP contribution is 2.40. The average molecular weight is 605 g/mol. The SMILES string of the molecule is CN(C)c1ccc(C(=O)[O-])c(Oc2nc(Oc3cccc(-c4cccc(C[NH3+])c4)c3)c(F)c(N3CC[C@@H]([NH+](C)C)C3)c2F)c1. The molecule has 0 saturated carbocycles. The summed E-state index contributed by atoms with van der Waals surface area (Å²) in [5, 5.41) is 11.9. The molecule has 1 aliphatic rings. The maximum atomic E-state index is 16.2. The van der Waals surface area contributed by atoms with E-state index in [4.69, 9.17) is 9.47 Å². The Hall–Kier alpha value is -4.74. The number of hydrogen-bond donors (Lipinski definition) is 2. The number of carbonyl (C=O) groups excluding carboxylic acids is 1. The number of rotatable bonds is 10. The minimum atomic E-state index is -1.51. The van der Waals surface area contributed by atoms with Crippen LogP contribution in [0.2, 0.25) is 0 Å². The van der Waals surface area contributed by atoms with Crippen molar-refractivity contribution in [2.45, 2.75) is 19.0 Å². The van der Waals surface area contributed by atoms with E-state index in [1.165, 1.54) is 12.1 Å². The predicted molar refractivity (Wildman–Crippen MR) is 161 cm³/mol. The van der Waals surface area contributed by atoms with Gasteiger partial charge in [0, 0.05) is 49.9 Å². The van der Waals surface area contributed by atoms with Crippen molar-refractivity contribution < 1.29 is 38.8 Å². The van der Waals surface area contributed by atoms with Crippen LogP contribution >= 0.6 is 0 Å². The third kappa shape index (κ3) is 6.43. The van der Waals surface area contributed by atoms with Crippen molar-refractivity contribution in [2.24, 2.45) is 0 Å². The number of anilines is 2. The van der Waals surface area contributed by atoms with E-state index in [1.54, 1.807) is 48.2 Å². The van der Waals surface area contributed by atoms with E-state index in [0.29, 0.717) is 25.3 Å². The van der Waals surface area contributed by atoms with Gasteiger partial charge in [0.25, 0.3) is 11.8 Å². The van der Waals surface area contributed by atoms with Crippen molar-refractivity contribution >= 4 is 17.3 Å². The second-order valence-electron chi connectivity index (χ2n) is 11.3. The number of pyridine rings is 1. The molecule has 4 aromatic rings. The minimum absolute atomic E-state index is 0.155. The molecular formula is C33H36F2N5O4+. The highest BCUT2D eigenvalue weighted by atomic mass is 19.1. The molecule has 0 amide bonds. The van der Waals surface area contributed by atoms with Gasteiger partial charge in [-0.3, -0.25) is 0 Å². The van der Waals surface area contributed by atoms with Crippen LogP contribution in [-0.2, 0) is 6.54 Å². The number of likely N-dealkylation sites (N-methyl/N-ethyl adjacent to an activating group) is 1. The molecule has 1 atom stereocenters. The van der Waals surface area contributed by atoms with Crippen molar-refractivity contribution in [1.29, 1.82) is 0 Å². The lowest BCUT2D eigenvalue weighted by atomic mass is 10.0. The zero-order valence-electron chi connectivity index (χ0n) is 25.2. The summed E-state index contributed by atoms with van der Waals surface area (Å²) in [7, 11) is 7.52. The van der Waals surface area contributed by atoms with E-state index in [0.717, 1.165) is 28.0 Å². The fraction of sp³-hybridized carbons (Fsp3) is 0.273. The molecule has 11 heteroatoms. The number of carbonyl (C=O) groups is 1. The number of nitrogens with zero attached hydrogens (tertiary/aromatic N) is 3. The molecule has 2 heterocycles. The summed E-state index contributed by atoms with van der Waals surface area (Å²) in [6, 6.07) is 19.4. The summed E-state index contributed by atoms with van der Waals surface area (Å²) in [6.45, 7) is 1.44. The Balaban J connectivity index is 1.59. The number of aromatic nitrogens is 1. The molecule has 1 fully saturated rings. The van der Waals surface area contributed by atoms with E-state index >= 15 is 8.78 Å². The zero-order chi connectivity index (χ0) is 31.5. The number of carboxylic acid groups (broad SMARTS) is 1. The van der Waals surface area contributed by atoms with E-state index in [-0.39, 0.29) is 28.8 Å². The first-order valence-corrected chi connectivity index (χ1v) is 14.4. The maximum Gasteiger partial charge on any atom is 0.261 e. The molecule has 44 heavy (non-hydrogen) atoms. The predicted octanol–water partition coefficient (Wildman–Crippen LogP) is 2.51. The normalized spacial score (nSPS) is 14.6. The van der Waals surface area contributed by atoms with Gasteiger partial charge in [0.15, 0.2) is 0 Å². The fourth-order valence-corrected chi connectivity index (χ4v) is 5.24. The summed E-state index contributed by atoms with van der Waals surface area (Å²) in [4.78, 5) is 20.5. The van der Waals surface area contributed by atoms with Crippen LogP contribution in [0.15, 0.2) is 66.7 Å². The Morgan fingerprint density at radius 1 is 1.02 bits per heavy atom. The number of halogens is 2. The van der Waals surface area contributed by atoms with Crippen LogP contribution in [0.4, 0.5) is 20.2 Å². The molecule has 3 aromatic carbocycles. The lowest BCUT2D eigenvalue weighted by Gasteiger charge is -2.23. The van der Waals surface area contributed by atoms with Crippen LogP contribution in [0, 0.1) is 11.6 Å². The Kier molecular flexibility index (Phi) is 8.98. The van der Waals surface area contributed by atoms with E-state index < -0.39 is 29.4 Å². The van der Waals surface area contributed by atoms with Gasteiger partial charge in [-0.15, -0.1) is 0 Å². The number of ether oxygens (including phenoxy) is 2. The Morgan fingerprint density at radius 3 is 2.34 bits per heavy atom. The minimum Gasteiger partial charge on any atom is -0.545 e. The first kappa shape index (κ1) is 30.7. The van der Waals surface area contributed by atoms with E-state index in [2.05, 4.69) is 10.7 Å². The van der Waals surface area contributed by atoms with Gasteiger partial charge in [0.2, 0.25) is 11.6 Å². The maximum absolute atomic E-state index is 16.2. The molecule has 1 aromatic heterocycles. The molecule has 0 unspecified atom stereocenters. The molecular weight excluding hydrogens is 568 g/mol. The second-order valence-corrected chi connectivity index (χ2v) is 11.3. The standard InChI is InChI=1S/C33H35F2N5O4/c1-38(2)23-11-12-26(33(41)42)27(17-23)44-32-29(35)30(40-14-13-24(19-40)39(3)4)28(34)31(37-32)43-25-10-6-9-22(16-25)21-8-5-7-20(15-21)18-36/h5-12,15-17,24H,13-14,18-19,36H2,1-4H3,(H,41,42)/p+1/t24-/m1/s1. The summed E-state index contributed by atoms with van der Waals surface area (Å²) in [6.07, 6.45) is 0.726. The molecule has 1 aliphatic heterocycles. The number of nitrogens with one attached hydrogen (secondary N) is 1. The average Bonchev–Trinajstić information content (AvgIpc) is 3.50. The summed E-state index contributed by atoms with van der Waals surface area (Å²) in [5.41, 5.74) is 6.71. The van der Waals surface area contributed by atoms with Crippen LogP contribution < -0.4 is 35.0 Å².